The number of rotatable bonds is 4. The van der Waals surface area contributed by atoms with E-state index in [2.05, 4.69) is 11.1 Å². The van der Waals surface area contributed by atoms with Crippen LogP contribution in [0.5, 0.6) is 0 Å². The largest absolute Gasteiger partial charge is 0.351 e. The Labute approximate surface area is 159 Å². The van der Waals surface area contributed by atoms with Crippen molar-refractivity contribution in [3.8, 4) is 0 Å². The summed E-state index contributed by atoms with van der Waals surface area (Å²) in [7, 11) is -2.01. The zero-order valence-electron chi connectivity index (χ0n) is 15.8. The minimum absolute atomic E-state index is 0.0499. The van der Waals surface area contributed by atoms with Crippen molar-refractivity contribution < 1.29 is 13.2 Å². The number of aromatic amines is 1. The number of sulfonamides is 1. The smallest absolute Gasteiger partial charge is 0.270 e. The molecule has 7 heteroatoms. The molecule has 0 aliphatic rings. The van der Waals surface area contributed by atoms with Crippen molar-refractivity contribution in [3.05, 3.63) is 64.8 Å². The summed E-state index contributed by atoms with van der Waals surface area (Å²) in [6.07, 6.45) is 0. The first-order valence-electron chi connectivity index (χ1n) is 8.58. The normalized spacial score (nSPS) is 12.9. The van der Waals surface area contributed by atoms with Crippen LogP contribution in [0.2, 0.25) is 0 Å². The first kappa shape index (κ1) is 19.1. The second kappa shape index (κ2) is 6.83. The molecule has 27 heavy (non-hydrogen) atoms. The fourth-order valence-electron chi connectivity index (χ4n) is 3.24. The summed E-state index contributed by atoms with van der Waals surface area (Å²) in [5.74, 6) is -0.133. The number of hydrogen-bond acceptors (Lipinski definition) is 3. The number of nitrogens with two attached hydrogens (primary N) is 1. The number of hydrogen-bond donors (Lipinski definition) is 2. The maximum Gasteiger partial charge on any atom is 0.270 e. The van der Waals surface area contributed by atoms with Crippen LogP contribution in [0.1, 0.15) is 40.1 Å². The monoisotopic (exact) mass is 385 g/mol. The van der Waals surface area contributed by atoms with Gasteiger partial charge in [-0.05, 0) is 61.7 Å². The molecule has 1 atom stereocenters. The average molecular weight is 385 g/mol. The molecule has 6 nitrogen and oxygen atoms in total. The summed E-state index contributed by atoms with van der Waals surface area (Å²) in [5, 5.41) is 6.16. The molecular weight excluding hydrogens is 362 g/mol. The number of fused-ring (bicyclic) bond motifs is 1. The van der Waals surface area contributed by atoms with Gasteiger partial charge in [0.25, 0.3) is 5.91 Å². The van der Waals surface area contributed by atoms with Crippen molar-refractivity contribution in [2.45, 2.75) is 31.7 Å². The topological polar surface area (TPSA) is 96.3 Å². The van der Waals surface area contributed by atoms with Gasteiger partial charge in [-0.15, -0.1) is 0 Å². The van der Waals surface area contributed by atoms with Gasteiger partial charge >= 0.3 is 0 Å². The van der Waals surface area contributed by atoms with Crippen molar-refractivity contribution in [2.75, 3.05) is 7.05 Å². The van der Waals surface area contributed by atoms with Crippen LogP contribution in [0.4, 0.5) is 0 Å². The number of aryl methyl sites for hydroxylation is 2. The van der Waals surface area contributed by atoms with Crippen LogP contribution in [0.25, 0.3) is 10.9 Å². The third kappa shape index (κ3) is 3.74. The fourth-order valence-corrected chi connectivity index (χ4v) is 3.76. The van der Waals surface area contributed by atoms with Crippen LogP contribution in [0.15, 0.2) is 47.4 Å². The lowest BCUT2D eigenvalue weighted by Gasteiger charge is -2.25. The number of aromatic nitrogens is 1. The SMILES string of the molecule is Cc1cc(C)c2cc(C(=O)N(C)C(C)c3ccc(S(N)(=O)=O)cc3)[nH]c2c1. The minimum atomic E-state index is -3.73. The van der Waals surface area contributed by atoms with E-state index in [-0.39, 0.29) is 16.8 Å². The van der Waals surface area contributed by atoms with Gasteiger partial charge in [-0.2, -0.15) is 0 Å². The Morgan fingerprint density at radius 3 is 2.33 bits per heavy atom. The van der Waals surface area contributed by atoms with E-state index in [1.165, 1.54) is 12.1 Å². The standard InChI is InChI=1S/C20H23N3O3S/c1-12-9-13(2)17-11-19(22-18(17)10-12)20(24)23(4)14(3)15-5-7-16(8-6-15)27(21,25)26/h5-11,14,22H,1-4H3,(H2,21,25,26). The van der Waals surface area contributed by atoms with E-state index in [9.17, 15) is 13.2 Å². The molecule has 0 bridgehead atoms. The molecule has 142 valence electrons. The van der Waals surface area contributed by atoms with E-state index in [1.807, 2.05) is 32.9 Å². The molecule has 0 aliphatic heterocycles. The first-order chi connectivity index (χ1) is 12.6. The Balaban J connectivity index is 1.87. The molecule has 0 radical (unpaired) electrons. The maximum absolute atomic E-state index is 12.9. The molecule has 1 amide bonds. The quantitative estimate of drug-likeness (QED) is 0.721. The molecule has 0 aliphatic carbocycles. The van der Waals surface area contributed by atoms with Crippen molar-refractivity contribution in [3.63, 3.8) is 0 Å². The van der Waals surface area contributed by atoms with Gasteiger partial charge in [0.15, 0.2) is 0 Å². The molecule has 3 N–H and O–H groups in total. The summed E-state index contributed by atoms with van der Waals surface area (Å²) in [5.41, 5.74) is 4.54. The molecule has 2 aromatic carbocycles. The Bertz CT molecular complexity index is 1120. The van der Waals surface area contributed by atoms with Crippen LogP contribution < -0.4 is 5.14 Å². The number of carbonyl (C=O) groups is 1. The summed E-state index contributed by atoms with van der Waals surface area (Å²) in [4.78, 5) is 17.8. The summed E-state index contributed by atoms with van der Waals surface area (Å²) in [6, 6.07) is 12.0. The highest BCUT2D eigenvalue weighted by atomic mass is 32.2. The van der Waals surface area contributed by atoms with Gasteiger partial charge < -0.3 is 9.88 Å². The molecule has 1 aromatic heterocycles. The van der Waals surface area contributed by atoms with E-state index < -0.39 is 10.0 Å². The van der Waals surface area contributed by atoms with Gasteiger partial charge in [-0.3, -0.25) is 4.79 Å². The predicted molar refractivity (Wildman–Crippen MR) is 106 cm³/mol. The lowest BCUT2D eigenvalue weighted by atomic mass is 10.1. The molecule has 0 fully saturated rings. The molecular formula is C20H23N3O3S. The number of nitrogens with one attached hydrogen (secondary N) is 1. The van der Waals surface area contributed by atoms with Crippen LogP contribution >= 0.6 is 0 Å². The Morgan fingerprint density at radius 2 is 1.74 bits per heavy atom. The third-order valence-corrected chi connectivity index (χ3v) is 5.84. The van der Waals surface area contributed by atoms with Crippen molar-refractivity contribution in [1.29, 1.82) is 0 Å². The number of nitrogens with zero attached hydrogens (tertiary/aromatic N) is 1. The van der Waals surface area contributed by atoms with Crippen molar-refractivity contribution in [1.82, 2.24) is 9.88 Å². The Morgan fingerprint density at radius 1 is 1.11 bits per heavy atom. The highest BCUT2D eigenvalue weighted by molar-refractivity contribution is 7.89. The number of H-pyrrole nitrogens is 1. The van der Waals surface area contributed by atoms with Gasteiger partial charge in [0.1, 0.15) is 5.69 Å². The zero-order chi connectivity index (χ0) is 19.9. The molecule has 3 rings (SSSR count). The molecule has 0 saturated heterocycles. The fraction of sp³-hybridized carbons (Fsp3) is 0.250. The van der Waals surface area contributed by atoms with Gasteiger partial charge in [-0.25, -0.2) is 13.6 Å². The second-order valence-electron chi connectivity index (χ2n) is 6.93. The lowest BCUT2D eigenvalue weighted by Crippen LogP contribution is -2.30. The molecule has 3 aromatic rings. The van der Waals surface area contributed by atoms with E-state index in [0.29, 0.717) is 5.69 Å². The highest BCUT2D eigenvalue weighted by Crippen LogP contribution is 2.25. The number of primary sulfonamides is 1. The van der Waals surface area contributed by atoms with Gasteiger partial charge in [0.05, 0.1) is 10.9 Å². The van der Waals surface area contributed by atoms with Gasteiger partial charge in [0, 0.05) is 18.0 Å². The summed E-state index contributed by atoms with van der Waals surface area (Å²) < 4.78 is 22.8. The second-order valence-corrected chi connectivity index (χ2v) is 8.49. The van der Waals surface area contributed by atoms with E-state index >= 15 is 0 Å². The van der Waals surface area contributed by atoms with Gasteiger partial charge in [0.2, 0.25) is 10.0 Å². The Hall–Kier alpha value is -2.64. The van der Waals surface area contributed by atoms with Crippen LogP contribution in [0, 0.1) is 13.8 Å². The third-order valence-electron chi connectivity index (χ3n) is 4.91. The van der Waals surface area contributed by atoms with Crippen molar-refractivity contribution >= 4 is 26.8 Å². The summed E-state index contributed by atoms with van der Waals surface area (Å²) >= 11 is 0. The number of amides is 1. The zero-order valence-corrected chi connectivity index (χ0v) is 16.6. The molecule has 1 unspecified atom stereocenters. The molecule has 0 saturated carbocycles. The van der Waals surface area contributed by atoms with Crippen molar-refractivity contribution in [2.24, 2.45) is 5.14 Å². The van der Waals surface area contributed by atoms with Gasteiger partial charge in [-0.1, -0.05) is 18.2 Å². The number of carbonyl (C=O) groups excluding carboxylic acids is 1. The summed E-state index contributed by atoms with van der Waals surface area (Å²) in [6.45, 7) is 5.94. The van der Waals surface area contributed by atoms with Crippen LogP contribution in [-0.4, -0.2) is 31.3 Å². The average Bonchev–Trinajstić information content (AvgIpc) is 3.03. The Kier molecular flexibility index (Phi) is 4.84. The van der Waals surface area contributed by atoms with E-state index in [0.717, 1.165) is 27.6 Å². The predicted octanol–water partition coefficient (Wildman–Crippen LogP) is 3.27. The maximum atomic E-state index is 12.9. The van der Waals surface area contributed by atoms with E-state index in [1.54, 1.807) is 24.1 Å². The number of benzene rings is 2. The lowest BCUT2D eigenvalue weighted by molar-refractivity contribution is 0.0737. The van der Waals surface area contributed by atoms with Crippen LogP contribution in [-0.2, 0) is 10.0 Å². The van der Waals surface area contributed by atoms with Crippen LogP contribution in [0.3, 0.4) is 0 Å². The highest BCUT2D eigenvalue weighted by Gasteiger charge is 2.21. The minimum Gasteiger partial charge on any atom is -0.351 e. The van der Waals surface area contributed by atoms with E-state index in [4.69, 9.17) is 5.14 Å². The molecule has 0 spiro atoms. The molecule has 1 heterocycles. The first-order valence-corrected chi connectivity index (χ1v) is 10.1.